The predicted octanol–water partition coefficient (Wildman–Crippen LogP) is 5.05. The lowest BCUT2D eigenvalue weighted by Gasteiger charge is -2.36. The highest BCUT2D eigenvalue weighted by Gasteiger charge is 2.36. The molecule has 98 valence electrons. The fourth-order valence-corrected chi connectivity index (χ4v) is 2.85. The van der Waals surface area contributed by atoms with E-state index in [1.165, 1.54) is 5.57 Å². The van der Waals surface area contributed by atoms with Crippen molar-refractivity contribution in [1.82, 2.24) is 0 Å². The van der Waals surface area contributed by atoms with E-state index in [1.807, 2.05) is 0 Å². The maximum absolute atomic E-state index is 6.18. The lowest BCUT2D eigenvalue weighted by atomic mass is 10.1. The summed E-state index contributed by atoms with van der Waals surface area (Å²) in [6, 6.07) is 0. The Morgan fingerprint density at radius 1 is 1.41 bits per heavy atom. The van der Waals surface area contributed by atoms with E-state index < -0.39 is 8.32 Å². The number of rotatable bonds is 4. The molecule has 1 nitrogen and oxygen atoms in total. The molecule has 17 heavy (non-hydrogen) atoms. The van der Waals surface area contributed by atoms with Gasteiger partial charge in [-0.2, -0.15) is 0 Å². The number of hydrogen-bond acceptors (Lipinski definition) is 1. The van der Waals surface area contributed by atoms with Gasteiger partial charge in [0.05, 0.1) is 0 Å². The summed E-state index contributed by atoms with van der Waals surface area (Å²) in [4.78, 5) is 0.521. The van der Waals surface area contributed by atoms with Crippen LogP contribution in [0.3, 0.4) is 0 Å². The minimum atomic E-state index is -1.56. The van der Waals surface area contributed by atoms with E-state index in [-0.39, 0.29) is 0 Å². The summed E-state index contributed by atoms with van der Waals surface area (Å²) in [6.45, 7) is 12.3. The van der Waals surface area contributed by atoms with E-state index in [4.69, 9.17) is 4.43 Å². The smallest absolute Gasteiger partial charge is 0.191 e. The summed E-state index contributed by atoms with van der Waals surface area (Å²) in [7, 11) is -1.56. The van der Waals surface area contributed by atoms with Crippen LogP contribution in [0.25, 0.3) is 0 Å². The zero-order valence-corrected chi connectivity index (χ0v) is 14.3. The molecule has 0 heterocycles. The third kappa shape index (κ3) is 4.72. The fourth-order valence-electron chi connectivity index (χ4n) is 1.46. The van der Waals surface area contributed by atoms with E-state index >= 15 is 0 Å². The minimum absolute atomic E-state index is 0.310. The number of alkyl halides is 1. The molecule has 1 atom stereocenters. The fraction of sp³-hybridized carbons (Fsp3) is 0.714. The summed E-state index contributed by atoms with van der Waals surface area (Å²) < 4.78 is 6.18. The van der Waals surface area contributed by atoms with Crippen molar-refractivity contribution in [2.45, 2.75) is 56.6 Å². The first-order valence-corrected chi connectivity index (χ1v) is 10.2. The van der Waals surface area contributed by atoms with Crippen molar-refractivity contribution in [3.8, 4) is 0 Å². The second-order valence-corrected chi connectivity index (χ2v) is 12.2. The van der Waals surface area contributed by atoms with Gasteiger partial charge in [-0.15, -0.1) is 0 Å². The zero-order chi connectivity index (χ0) is 13.1. The summed E-state index contributed by atoms with van der Waals surface area (Å²) in [5, 5.41) is 0.310. The molecule has 0 saturated heterocycles. The molecule has 1 unspecified atom stereocenters. The first-order chi connectivity index (χ1) is 7.72. The molecule has 0 aromatic heterocycles. The van der Waals surface area contributed by atoms with Gasteiger partial charge in [-0.25, -0.2) is 0 Å². The maximum Gasteiger partial charge on any atom is 0.191 e. The number of hydrogen-bond donors (Lipinski definition) is 0. The molecular weight excluding hydrogens is 292 g/mol. The van der Waals surface area contributed by atoms with Crippen molar-refractivity contribution >= 4 is 24.2 Å². The van der Waals surface area contributed by atoms with E-state index in [1.54, 1.807) is 0 Å². The topological polar surface area (TPSA) is 9.23 Å². The lowest BCUT2D eigenvalue weighted by molar-refractivity contribution is 0.292. The van der Waals surface area contributed by atoms with Gasteiger partial charge in [-0.05, 0) is 31.0 Å². The van der Waals surface area contributed by atoms with Gasteiger partial charge in [0.2, 0.25) is 0 Å². The van der Waals surface area contributed by atoms with Gasteiger partial charge in [0, 0.05) is 11.4 Å². The minimum Gasteiger partial charge on any atom is -0.416 e. The normalized spacial score (nSPS) is 21.5. The molecule has 0 radical (unpaired) electrons. The van der Waals surface area contributed by atoms with Crippen LogP contribution in [0.15, 0.2) is 23.8 Å². The molecule has 0 aromatic carbocycles. The highest BCUT2D eigenvalue weighted by atomic mass is 79.9. The predicted molar refractivity (Wildman–Crippen MR) is 82.3 cm³/mol. The molecule has 1 rings (SSSR count). The number of allylic oxidation sites excluding steroid dienone is 3. The van der Waals surface area contributed by atoms with Gasteiger partial charge < -0.3 is 4.43 Å². The molecule has 1 aliphatic rings. The molecule has 0 amide bonds. The average Bonchev–Trinajstić information content (AvgIpc) is 2.19. The van der Waals surface area contributed by atoms with Crippen molar-refractivity contribution in [3.05, 3.63) is 23.8 Å². The second-order valence-electron chi connectivity index (χ2n) is 6.25. The Labute approximate surface area is 116 Å². The van der Waals surface area contributed by atoms with Gasteiger partial charge in [0.1, 0.15) is 0 Å². The Morgan fingerprint density at radius 3 is 2.53 bits per heavy atom. The highest BCUT2D eigenvalue weighted by molar-refractivity contribution is 9.09. The first kappa shape index (κ1) is 15.2. The van der Waals surface area contributed by atoms with Crippen molar-refractivity contribution < 1.29 is 4.43 Å². The van der Waals surface area contributed by atoms with E-state index in [2.05, 4.69) is 68.0 Å². The van der Waals surface area contributed by atoms with Crippen LogP contribution in [-0.2, 0) is 4.43 Å². The molecule has 0 spiro atoms. The molecule has 0 fully saturated rings. The zero-order valence-electron chi connectivity index (χ0n) is 11.7. The number of halogens is 1. The van der Waals surface area contributed by atoms with Crippen LogP contribution in [0.5, 0.6) is 0 Å². The van der Waals surface area contributed by atoms with Crippen molar-refractivity contribution in [2.24, 2.45) is 0 Å². The van der Waals surface area contributed by atoms with Crippen LogP contribution in [0, 0.1) is 0 Å². The largest absolute Gasteiger partial charge is 0.416 e. The standard InChI is InChI=1S/C14H25BrOSi/c1-14(2,3)17(4,5)16-11-10-12-6-8-13(15)9-7-12/h6-8,13H,9-11H2,1-5H3. The van der Waals surface area contributed by atoms with Crippen molar-refractivity contribution in [3.63, 3.8) is 0 Å². The van der Waals surface area contributed by atoms with Gasteiger partial charge in [-0.1, -0.05) is 60.5 Å². The Kier molecular flexibility index (Phi) is 5.23. The van der Waals surface area contributed by atoms with Gasteiger partial charge in [0.15, 0.2) is 8.32 Å². The van der Waals surface area contributed by atoms with Crippen LogP contribution < -0.4 is 0 Å². The maximum atomic E-state index is 6.18. The van der Waals surface area contributed by atoms with Crippen molar-refractivity contribution in [1.29, 1.82) is 0 Å². The van der Waals surface area contributed by atoms with Gasteiger partial charge in [0.25, 0.3) is 0 Å². The quantitative estimate of drug-likeness (QED) is 0.521. The molecular formula is C14H25BrOSi. The summed E-state index contributed by atoms with van der Waals surface area (Å²) in [5.41, 5.74) is 1.42. The third-order valence-corrected chi connectivity index (χ3v) is 9.00. The van der Waals surface area contributed by atoms with Crippen LogP contribution in [-0.4, -0.2) is 19.8 Å². The van der Waals surface area contributed by atoms with Crippen molar-refractivity contribution in [2.75, 3.05) is 6.61 Å². The van der Waals surface area contributed by atoms with E-state index in [9.17, 15) is 0 Å². The first-order valence-electron chi connectivity index (χ1n) is 6.38. The molecule has 0 aromatic rings. The summed E-state index contributed by atoms with van der Waals surface area (Å²) >= 11 is 3.59. The average molecular weight is 317 g/mol. The Hall–Kier alpha value is 0.137. The van der Waals surface area contributed by atoms with Gasteiger partial charge >= 0.3 is 0 Å². The monoisotopic (exact) mass is 316 g/mol. The summed E-state index contributed by atoms with van der Waals surface area (Å²) in [5.74, 6) is 0. The second kappa shape index (κ2) is 5.85. The SMILES string of the molecule is CC(C)(C)[Si](C)(C)OCCC1=CCC(Br)C=C1. The van der Waals surface area contributed by atoms with Crippen LogP contribution >= 0.6 is 15.9 Å². The molecule has 0 bridgehead atoms. The highest BCUT2D eigenvalue weighted by Crippen LogP contribution is 2.36. The Bertz CT molecular complexity index is 313. The molecule has 3 heteroatoms. The third-order valence-electron chi connectivity index (χ3n) is 3.78. The summed E-state index contributed by atoms with van der Waals surface area (Å²) in [6.07, 6.45) is 8.91. The Morgan fingerprint density at radius 2 is 2.06 bits per heavy atom. The lowest BCUT2D eigenvalue weighted by Crippen LogP contribution is -2.41. The molecule has 1 aliphatic carbocycles. The molecule has 0 aliphatic heterocycles. The van der Waals surface area contributed by atoms with E-state index in [0.717, 1.165) is 19.4 Å². The van der Waals surface area contributed by atoms with Crippen LogP contribution in [0.2, 0.25) is 18.1 Å². The Balaban J connectivity index is 2.36. The van der Waals surface area contributed by atoms with Crippen LogP contribution in [0.4, 0.5) is 0 Å². The molecule has 0 N–H and O–H groups in total. The van der Waals surface area contributed by atoms with Gasteiger partial charge in [-0.3, -0.25) is 0 Å². The van der Waals surface area contributed by atoms with E-state index in [0.29, 0.717) is 9.87 Å². The van der Waals surface area contributed by atoms with Crippen LogP contribution in [0.1, 0.15) is 33.6 Å². The molecule has 0 saturated carbocycles.